The molecule has 118 valence electrons. The van der Waals surface area contributed by atoms with Gasteiger partial charge in [-0.3, -0.25) is 0 Å². The van der Waals surface area contributed by atoms with Crippen molar-refractivity contribution in [3.8, 4) is 0 Å². The molecule has 1 aromatic rings. The number of nitrogens with two attached hydrogens (primary N) is 1. The summed E-state index contributed by atoms with van der Waals surface area (Å²) in [6.45, 7) is 1.25. The fourth-order valence-electron chi connectivity index (χ4n) is 2.12. The number of hydrogen-bond acceptors (Lipinski definition) is 4. The first kappa shape index (κ1) is 16.1. The van der Waals surface area contributed by atoms with Crippen LogP contribution < -0.4 is 10.6 Å². The molecule has 8 heteroatoms. The van der Waals surface area contributed by atoms with Crippen molar-refractivity contribution in [3.05, 3.63) is 24.3 Å². The predicted octanol–water partition coefficient (Wildman–Crippen LogP) is 2.30. The normalized spacial score (nSPS) is 16.0. The Morgan fingerprint density at radius 3 is 2.19 bits per heavy atom. The van der Waals surface area contributed by atoms with Gasteiger partial charge in [0.05, 0.1) is 4.90 Å². The molecular weight excluding hydrogens is 305 g/mol. The van der Waals surface area contributed by atoms with Crippen molar-refractivity contribution in [2.24, 2.45) is 5.73 Å². The lowest BCUT2D eigenvalue weighted by molar-refractivity contribution is -0.0436. The Kier molecular flexibility index (Phi) is 4.48. The highest BCUT2D eigenvalue weighted by Crippen LogP contribution is 2.34. The van der Waals surface area contributed by atoms with Gasteiger partial charge < -0.3 is 10.6 Å². The molecule has 0 spiro atoms. The van der Waals surface area contributed by atoms with E-state index in [0.717, 1.165) is 37.1 Å². The highest BCUT2D eigenvalue weighted by Gasteiger charge is 2.46. The number of rotatable bonds is 6. The zero-order chi connectivity index (χ0) is 15.7. The van der Waals surface area contributed by atoms with Crippen LogP contribution in [0.15, 0.2) is 29.2 Å². The quantitative estimate of drug-likeness (QED) is 0.873. The fourth-order valence-corrected chi connectivity index (χ4v) is 2.88. The summed E-state index contributed by atoms with van der Waals surface area (Å²) in [6, 6.07) is 5.24. The predicted molar refractivity (Wildman–Crippen MR) is 73.7 cm³/mol. The van der Waals surface area contributed by atoms with Gasteiger partial charge in [-0.1, -0.05) is 0 Å². The third-order valence-electron chi connectivity index (χ3n) is 3.37. The van der Waals surface area contributed by atoms with Gasteiger partial charge in [0, 0.05) is 18.3 Å². The van der Waals surface area contributed by atoms with Crippen molar-refractivity contribution in [3.63, 3.8) is 0 Å². The molecule has 1 aromatic carbocycles. The van der Waals surface area contributed by atoms with Crippen LogP contribution in [0, 0.1) is 0 Å². The number of alkyl halides is 3. The first-order valence-electron chi connectivity index (χ1n) is 6.65. The van der Waals surface area contributed by atoms with Crippen molar-refractivity contribution in [2.75, 3.05) is 18.0 Å². The molecule has 0 radical (unpaired) electrons. The Balaban J connectivity index is 2.22. The largest absolute Gasteiger partial charge is 0.501 e. The molecule has 0 amide bonds. The second-order valence-corrected chi connectivity index (χ2v) is 6.95. The minimum atomic E-state index is -5.28. The van der Waals surface area contributed by atoms with Gasteiger partial charge in [-0.15, -0.1) is 0 Å². The van der Waals surface area contributed by atoms with Crippen LogP contribution in [-0.4, -0.2) is 33.1 Å². The van der Waals surface area contributed by atoms with Crippen molar-refractivity contribution >= 4 is 15.5 Å². The van der Waals surface area contributed by atoms with Crippen molar-refractivity contribution in [1.29, 1.82) is 0 Å². The number of nitrogens with zero attached hydrogens (tertiary/aromatic N) is 1. The molecule has 0 atom stereocenters. The van der Waals surface area contributed by atoms with E-state index in [1.165, 1.54) is 12.1 Å². The highest BCUT2D eigenvalue weighted by molar-refractivity contribution is 7.92. The molecule has 1 aliphatic carbocycles. The molecule has 0 saturated heterocycles. The van der Waals surface area contributed by atoms with Gasteiger partial charge in [-0.2, -0.15) is 13.2 Å². The Labute approximate surface area is 121 Å². The van der Waals surface area contributed by atoms with E-state index < -0.39 is 20.2 Å². The average molecular weight is 322 g/mol. The summed E-state index contributed by atoms with van der Waals surface area (Å²) in [4.78, 5) is 1.34. The third-order valence-corrected chi connectivity index (χ3v) is 4.88. The van der Waals surface area contributed by atoms with Crippen LogP contribution in [0.5, 0.6) is 0 Å². The average Bonchev–Trinajstić information content (AvgIpc) is 3.23. The van der Waals surface area contributed by atoms with Crippen LogP contribution in [0.4, 0.5) is 18.9 Å². The van der Waals surface area contributed by atoms with E-state index in [0.29, 0.717) is 19.1 Å². The molecular formula is C13H17F3N2O2S. The molecule has 4 nitrogen and oxygen atoms in total. The molecule has 2 rings (SSSR count). The zero-order valence-electron chi connectivity index (χ0n) is 11.3. The van der Waals surface area contributed by atoms with Crippen molar-refractivity contribution < 1.29 is 21.6 Å². The summed E-state index contributed by atoms with van der Waals surface area (Å²) >= 11 is 0. The van der Waals surface area contributed by atoms with E-state index in [-0.39, 0.29) is 0 Å². The Morgan fingerprint density at radius 1 is 1.19 bits per heavy atom. The van der Waals surface area contributed by atoms with Crippen LogP contribution in [0.25, 0.3) is 0 Å². The van der Waals surface area contributed by atoms with Gasteiger partial charge in [0.15, 0.2) is 0 Å². The van der Waals surface area contributed by atoms with E-state index in [1.807, 2.05) is 0 Å². The van der Waals surface area contributed by atoms with E-state index in [4.69, 9.17) is 5.73 Å². The molecule has 0 unspecified atom stereocenters. The fraction of sp³-hybridized carbons (Fsp3) is 0.538. The van der Waals surface area contributed by atoms with E-state index >= 15 is 0 Å². The Hall–Kier alpha value is -1.28. The van der Waals surface area contributed by atoms with E-state index in [2.05, 4.69) is 4.90 Å². The van der Waals surface area contributed by atoms with Gasteiger partial charge >= 0.3 is 5.51 Å². The summed E-state index contributed by atoms with van der Waals surface area (Å²) in [5, 5.41) is 0. The number of benzene rings is 1. The first-order chi connectivity index (χ1) is 9.77. The Bertz CT molecular complexity index is 580. The molecule has 1 saturated carbocycles. The molecule has 0 aromatic heterocycles. The van der Waals surface area contributed by atoms with Gasteiger partial charge in [-0.25, -0.2) is 8.42 Å². The standard InChI is InChI=1S/C13H17F3N2O2S/c14-13(15,16)21(19,20)12-6-4-11(5-7-12)18(9-1-8-17)10-2-3-10/h4-7,10H,1-3,8-9,17H2. The van der Waals surface area contributed by atoms with Crippen LogP contribution in [0.3, 0.4) is 0 Å². The van der Waals surface area contributed by atoms with Crippen LogP contribution in [0.1, 0.15) is 19.3 Å². The van der Waals surface area contributed by atoms with Crippen molar-refractivity contribution in [1.82, 2.24) is 0 Å². The maximum atomic E-state index is 12.5. The summed E-state index contributed by atoms with van der Waals surface area (Å²) < 4.78 is 60.0. The number of sulfone groups is 1. The number of anilines is 1. The monoisotopic (exact) mass is 322 g/mol. The minimum absolute atomic E-state index is 0.377. The third kappa shape index (κ3) is 3.49. The second kappa shape index (κ2) is 5.84. The van der Waals surface area contributed by atoms with Gasteiger partial charge in [0.25, 0.3) is 9.84 Å². The van der Waals surface area contributed by atoms with E-state index in [9.17, 15) is 21.6 Å². The highest BCUT2D eigenvalue weighted by atomic mass is 32.2. The second-order valence-electron chi connectivity index (χ2n) is 5.01. The molecule has 21 heavy (non-hydrogen) atoms. The minimum Gasteiger partial charge on any atom is -0.368 e. The smallest absolute Gasteiger partial charge is 0.368 e. The maximum absolute atomic E-state index is 12.5. The lowest BCUT2D eigenvalue weighted by Crippen LogP contribution is -2.28. The molecule has 2 N–H and O–H groups in total. The molecule has 0 aliphatic heterocycles. The van der Waals surface area contributed by atoms with Gasteiger partial charge in [-0.05, 0) is 50.1 Å². The topological polar surface area (TPSA) is 63.4 Å². The maximum Gasteiger partial charge on any atom is 0.501 e. The summed E-state index contributed by atoms with van der Waals surface area (Å²) in [5.41, 5.74) is 0.929. The zero-order valence-corrected chi connectivity index (χ0v) is 12.1. The molecule has 0 heterocycles. The van der Waals surface area contributed by atoms with Crippen LogP contribution in [0.2, 0.25) is 0 Å². The molecule has 1 fully saturated rings. The summed E-state index contributed by atoms with van der Waals surface area (Å²) in [7, 11) is -5.28. The number of hydrogen-bond donors (Lipinski definition) is 1. The summed E-state index contributed by atoms with van der Waals surface area (Å²) in [5.74, 6) is 0. The molecule has 0 bridgehead atoms. The van der Waals surface area contributed by atoms with Gasteiger partial charge in [0.1, 0.15) is 0 Å². The van der Waals surface area contributed by atoms with Crippen LogP contribution >= 0.6 is 0 Å². The van der Waals surface area contributed by atoms with Gasteiger partial charge in [0.2, 0.25) is 0 Å². The first-order valence-corrected chi connectivity index (χ1v) is 8.14. The SMILES string of the molecule is NCCCN(c1ccc(S(=O)(=O)C(F)(F)F)cc1)C1CC1. The van der Waals surface area contributed by atoms with Crippen LogP contribution in [-0.2, 0) is 9.84 Å². The summed E-state index contributed by atoms with van der Waals surface area (Å²) in [6.07, 6.45) is 2.85. The molecule has 1 aliphatic rings. The Morgan fingerprint density at radius 2 is 1.76 bits per heavy atom. The van der Waals surface area contributed by atoms with Crippen molar-refractivity contribution in [2.45, 2.75) is 35.7 Å². The van der Waals surface area contributed by atoms with E-state index in [1.54, 1.807) is 0 Å². The number of halogens is 3. The lowest BCUT2D eigenvalue weighted by atomic mass is 10.2. The lowest BCUT2D eigenvalue weighted by Gasteiger charge is -2.24.